The molecule has 0 spiro atoms. The summed E-state index contributed by atoms with van der Waals surface area (Å²) < 4.78 is 40.2. The van der Waals surface area contributed by atoms with Gasteiger partial charge in [-0.15, -0.1) is 0 Å². The molecule has 0 saturated carbocycles. The van der Waals surface area contributed by atoms with Crippen LogP contribution in [-0.2, 0) is 5.60 Å². The van der Waals surface area contributed by atoms with Crippen LogP contribution in [-0.4, -0.2) is 11.3 Å². The summed E-state index contributed by atoms with van der Waals surface area (Å²) in [5.41, 5.74) is -2.73. The van der Waals surface area contributed by atoms with E-state index in [-0.39, 0.29) is 11.1 Å². The van der Waals surface area contributed by atoms with Gasteiger partial charge in [-0.25, -0.2) is 0 Å². The maximum Gasteiger partial charge on any atom is 0.425 e. The average molecular weight is 301 g/mol. The minimum atomic E-state index is -4.84. The Labute approximate surface area is 119 Å². The van der Waals surface area contributed by atoms with Crippen molar-refractivity contribution >= 4 is 11.6 Å². The second-order valence-corrected chi connectivity index (χ2v) is 5.02. The van der Waals surface area contributed by atoms with Crippen molar-refractivity contribution in [2.45, 2.75) is 18.7 Å². The normalized spacial score (nSPS) is 14.9. The molecule has 0 heterocycles. The smallest absolute Gasteiger partial charge is 0.372 e. The van der Waals surface area contributed by atoms with Gasteiger partial charge in [0.05, 0.1) is 0 Å². The molecule has 0 unspecified atom stereocenters. The lowest BCUT2D eigenvalue weighted by atomic mass is 9.85. The Morgan fingerprint density at radius 3 is 1.65 bits per heavy atom. The van der Waals surface area contributed by atoms with Crippen molar-refractivity contribution < 1.29 is 18.3 Å². The van der Waals surface area contributed by atoms with E-state index >= 15 is 0 Å². The second-order valence-electron chi connectivity index (χ2n) is 4.58. The molecular weight excluding hydrogens is 289 g/mol. The van der Waals surface area contributed by atoms with Gasteiger partial charge in [-0.1, -0.05) is 53.6 Å². The Morgan fingerprint density at radius 1 is 0.850 bits per heavy atom. The van der Waals surface area contributed by atoms with Crippen LogP contribution >= 0.6 is 11.6 Å². The zero-order valence-electron chi connectivity index (χ0n) is 10.6. The average Bonchev–Trinajstić information content (AvgIpc) is 2.38. The number of benzene rings is 2. The molecule has 0 fully saturated rings. The molecule has 2 aromatic carbocycles. The van der Waals surface area contributed by atoms with Crippen molar-refractivity contribution in [3.05, 3.63) is 70.2 Å². The van der Waals surface area contributed by atoms with Gasteiger partial charge >= 0.3 is 6.18 Å². The molecule has 0 radical (unpaired) electrons. The van der Waals surface area contributed by atoms with Crippen LogP contribution in [0.4, 0.5) is 13.2 Å². The number of alkyl halides is 3. The van der Waals surface area contributed by atoms with Gasteiger partial charge in [0, 0.05) is 5.02 Å². The van der Waals surface area contributed by atoms with E-state index in [4.69, 9.17) is 11.6 Å². The van der Waals surface area contributed by atoms with E-state index in [1.165, 1.54) is 48.5 Å². The third-order valence-electron chi connectivity index (χ3n) is 3.14. The van der Waals surface area contributed by atoms with Crippen molar-refractivity contribution in [1.29, 1.82) is 0 Å². The summed E-state index contributed by atoms with van der Waals surface area (Å²) in [7, 11) is 0. The summed E-state index contributed by atoms with van der Waals surface area (Å²) in [5, 5.41) is 10.6. The molecule has 2 aromatic rings. The highest BCUT2D eigenvalue weighted by Gasteiger charge is 2.56. The van der Waals surface area contributed by atoms with E-state index in [1.54, 1.807) is 6.92 Å². The minimum absolute atomic E-state index is 0.224. The summed E-state index contributed by atoms with van der Waals surface area (Å²) >= 11 is 5.68. The van der Waals surface area contributed by atoms with Crippen molar-refractivity contribution in [3.8, 4) is 0 Å². The Hall–Kier alpha value is -1.52. The predicted molar refractivity (Wildman–Crippen MR) is 71.7 cm³/mol. The topological polar surface area (TPSA) is 20.2 Å². The molecular formula is C15H12ClF3O. The molecule has 1 nitrogen and oxygen atoms in total. The summed E-state index contributed by atoms with van der Waals surface area (Å²) in [6, 6.07) is 10.6. The fraction of sp³-hybridized carbons (Fsp3) is 0.200. The first-order valence-corrected chi connectivity index (χ1v) is 6.25. The van der Waals surface area contributed by atoms with Gasteiger partial charge in [-0.3, -0.25) is 0 Å². The van der Waals surface area contributed by atoms with Crippen molar-refractivity contribution in [3.63, 3.8) is 0 Å². The third kappa shape index (κ3) is 2.53. The van der Waals surface area contributed by atoms with E-state index in [1.807, 2.05) is 0 Å². The molecule has 20 heavy (non-hydrogen) atoms. The molecule has 0 bridgehead atoms. The van der Waals surface area contributed by atoms with Crippen LogP contribution in [0.25, 0.3) is 0 Å². The zero-order chi connectivity index (χ0) is 15.0. The number of hydrogen-bond acceptors (Lipinski definition) is 1. The fourth-order valence-corrected chi connectivity index (χ4v) is 2.11. The lowest BCUT2D eigenvalue weighted by Crippen LogP contribution is -2.43. The maximum absolute atomic E-state index is 13.4. The first kappa shape index (κ1) is 14.9. The number of aryl methyl sites for hydroxylation is 1. The van der Waals surface area contributed by atoms with Gasteiger partial charge in [0.2, 0.25) is 5.60 Å². The van der Waals surface area contributed by atoms with Crippen LogP contribution in [0.1, 0.15) is 16.7 Å². The first-order valence-electron chi connectivity index (χ1n) is 5.87. The highest BCUT2D eigenvalue weighted by atomic mass is 35.5. The van der Waals surface area contributed by atoms with Gasteiger partial charge in [-0.05, 0) is 30.2 Å². The number of rotatable bonds is 2. The van der Waals surface area contributed by atoms with Crippen LogP contribution in [0.2, 0.25) is 5.02 Å². The molecule has 1 N–H and O–H groups in total. The molecule has 0 aliphatic heterocycles. The van der Waals surface area contributed by atoms with E-state index in [9.17, 15) is 18.3 Å². The molecule has 0 aliphatic rings. The third-order valence-corrected chi connectivity index (χ3v) is 3.39. The zero-order valence-corrected chi connectivity index (χ0v) is 11.3. The van der Waals surface area contributed by atoms with Crippen molar-refractivity contribution in [2.75, 3.05) is 0 Å². The number of hydrogen-bond donors (Lipinski definition) is 1. The second kappa shape index (κ2) is 5.11. The number of aliphatic hydroxyl groups is 1. The molecule has 1 atom stereocenters. The quantitative estimate of drug-likeness (QED) is 0.869. The highest BCUT2D eigenvalue weighted by Crippen LogP contribution is 2.44. The highest BCUT2D eigenvalue weighted by molar-refractivity contribution is 6.30. The van der Waals surface area contributed by atoms with E-state index in [0.717, 1.165) is 5.56 Å². The van der Waals surface area contributed by atoms with E-state index in [0.29, 0.717) is 5.02 Å². The van der Waals surface area contributed by atoms with Crippen LogP contribution in [0.5, 0.6) is 0 Å². The first-order chi connectivity index (χ1) is 9.25. The number of halogens is 4. The van der Waals surface area contributed by atoms with Gasteiger partial charge in [0.15, 0.2) is 0 Å². The molecule has 106 valence electrons. The van der Waals surface area contributed by atoms with E-state index in [2.05, 4.69) is 0 Å². The maximum atomic E-state index is 13.4. The minimum Gasteiger partial charge on any atom is -0.372 e. The lowest BCUT2D eigenvalue weighted by Gasteiger charge is -2.31. The van der Waals surface area contributed by atoms with Gasteiger partial charge in [0.25, 0.3) is 0 Å². The Kier molecular flexibility index (Phi) is 3.80. The molecule has 0 aromatic heterocycles. The molecule has 0 aliphatic carbocycles. The SMILES string of the molecule is Cc1ccc([C@@](O)(c2ccc(Cl)cc2)C(F)(F)F)cc1. The van der Waals surface area contributed by atoms with Crippen molar-refractivity contribution in [1.82, 2.24) is 0 Å². The summed E-state index contributed by atoms with van der Waals surface area (Å²) in [6.07, 6.45) is -4.84. The van der Waals surface area contributed by atoms with Gasteiger partial charge in [-0.2, -0.15) is 13.2 Å². The Bertz CT molecular complexity index is 543. The monoisotopic (exact) mass is 300 g/mol. The Morgan fingerprint density at radius 2 is 1.25 bits per heavy atom. The molecule has 0 saturated heterocycles. The summed E-state index contributed by atoms with van der Waals surface area (Å²) in [4.78, 5) is 0. The summed E-state index contributed by atoms with van der Waals surface area (Å²) in [5.74, 6) is 0. The predicted octanol–water partition coefficient (Wildman–Crippen LogP) is 4.45. The molecule has 5 heteroatoms. The van der Waals surface area contributed by atoms with E-state index < -0.39 is 11.8 Å². The lowest BCUT2D eigenvalue weighted by molar-refractivity contribution is -0.248. The van der Waals surface area contributed by atoms with Gasteiger partial charge in [0.1, 0.15) is 0 Å². The summed E-state index contributed by atoms with van der Waals surface area (Å²) in [6.45, 7) is 1.76. The molecule has 2 rings (SSSR count). The van der Waals surface area contributed by atoms with Gasteiger partial charge < -0.3 is 5.11 Å². The molecule has 0 amide bonds. The van der Waals surface area contributed by atoms with Crippen molar-refractivity contribution in [2.24, 2.45) is 0 Å². The standard InChI is InChI=1S/C15H12ClF3O/c1-10-2-4-11(5-3-10)14(20,15(17,18)19)12-6-8-13(16)9-7-12/h2-9,20H,1H3/t14-/m1/s1. The van der Waals surface area contributed by atoms with Crippen LogP contribution in [0, 0.1) is 6.92 Å². The van der Waals surface area contributed by atoms with Crippen LogP contribution in [0.3, 0.4) is 0 Å². The van der Waals surface area contributed by atoms with Crippen LogP contribution < -0.4 is 0 Å². The Balaban J connectivity index is 2.62. The fourth-order valence-electron chi connectivity index (χ4n) is 1.98. The largest absolute Gasteiger partial charge is 0.425 e. The van der Waals surface area contributed by atoms with Crippen LogP contribution in [0.15, 0.2) is 48.5 Å².